The van der Waals surface area contributed by atoms with Crippen molar-refractivity contribution in [3.63, 3.8) is 0 Å². The van der Waals surface area contributed by atoms with Gasteiger partial charge in [0.15, 0.2) is 0 Å². The van der Waals surface area contributed by atoms with Gasteiger partial charge in [0.25, 0.3) is 0 Å². The van der Waals surface area contributed by atoms with Gasteiger partial charge in [-0.2, -0.15) is 13.2 Å². The van der Waals surface area contributed by atoms with Crippen LogP contribution in [0.4, 0.5) is 13.2 Å². The second-order valence-corrected chi connectivity index (χ2v) is 8.41. The van der Waals surface area contributed by atoms with Crippen molar-refractivity contribution in [3.05, 3.63) is 24.0 Å². The van der Waals surface area contributed by atoms with E-state index in [1.807, 2.05) is 41.5 Å². The van der Waals surface area contributed by atoms with E-state index in [0.717, 1.165) is 0 Å². The van der Waals surface area contributed by atoms with Crippen molar-refractivity contribution in [2.75, 3.05) is 13.2 Å². The molecule has 0 bridgehead atoms. The van der Waals surface area contributed by atoms with Gasteiger partial charge in [0, 0.05) is 24.2 Å². The van der Waals surface area contributed by atoms with E-state index in [0.29, 0.717) is 18.1 Å². The van der Waals surface area contributed by atoms with Gasteiger partial charge in [-0.1, -0.05) is 20.8 Å². The quantitative estimate of drug-likeness (QED) is 0.816. The van der Waals surface area contributed by atoms with Crippen LogP contribution >= 0.6 is 0 Å². The van der Waals surface area contributed by atoms with Gasteiger partial charge in [0.2, 0.25) is 0 Å². The van der Waals surface area contributed by atoms with Crippen LogP contribution in [0.3, 0.4) is 0 Å². The molecular formula is C18H29F3N2O. The predicted octanol–water partition coefficient (Wildman–Crippen LogP) is 4.62. The van der Waals surface area contributed by atoms with Crippen LogP contribution in [0.1, 0.15) is 47.2 Å². The molecule has 138 valence electrons. The predicted molar refractivity (Wildman–Crippen MR) is 90.2 cm³/mol. The molecule has 1 heterocycles. The van der Waals surface area contributed by atoms with Gasteiger partial charge in [0.05, 0.1) is 18.7 Å². The number of aromatic nitrogens is 1. The van der Waals surface area contributed by atoms with E-state index < -0.39 is 12.1 Å². The van der Waals surface area contributed by atoms with Gasteiger partial charge in [0.1, 0.15) is 5.75 Å². The maximum absolute atomic E-state index is 13.2. The first-order valence-electron chi connectivity index (χ1n) is 8.16. The maximum Gasteiger partial charge on any atom is 0.393 e. The van der Waals surface area contributed by atoms with Crippen LogP contribution in [0.15, 0.2) is 18.3 Å². The molecule has 3 nitrogen and oxygen atoms in total. The van der Waals surface area contributed by atoms with Crippen molar-refractivity contribution in [1.29, 1.82) is 0 Å². The van der Waals surface area contributed by atoms with Crippen LogP contribution in [0, 0.1) is 11.3 Å². The molecule has 0 aliphatic carbocycles. The standard InChI is InChI=1S/C18H29F3N2O/c1-16(2,3)12-24-15-8-7-14(22-11-15)9-13(18(19,20)21)10-23-17(4,5)6/h7-8,11,13,23H,9-10,12H2,1-6H3/t13-/m1/s1. The lowest BCUT2D eigenvalue weighted by Crippen LogP contribution is -2.43. The lowest BCUT2D eigenvalue weighted by Gasteiger charge is -2.26. The molecule has 0 saturated carbocycles. The van der Waals surface area contributed by atoms with Crippen molar-refractivity contribution < 1.29 is 17.9 Å². The van der Waals surface area contributed by atoms with Gasteiger partial charge in [-0.05, 0) is 38.3 Å². The molecule has 1 N–H and O–H groups in total. The first-order valence-corrected chi connectivity index (χ1v) is 8.16. The van der Waals surface area contributed by atoms with Crippen LogP contribution in [-0.4, -0.2) is 29.9 Å². The van der Waals surface area contributed by atoms with Gasteiger partial charge in [-0.3, -0.25) is 4.98 Å². The Labute approximate surface area is 143 Å². The Morgan fingerprint density at radius 1 is 1.08 bits per heavy atom. The molecule has 6 heteroatoms. The Hall–Kier alpha value is -1.30. The SMILES string of the molecule is CC(C)(C)COc1ccc(C[C@H](CNC(C)(C)C)C(F)(F)F)nc1. The number of hydrogen-bond donors (Lipinski definition) is 1. The van der Waals surface area contributed by atoms with Crippen LogP contribution in [0.2, 0.25) is 0 Å². The Morgan fingerprint density at radius 2 is 1.71 bits per heavy atom. The highest BCUT2D eigenvalue weighted by molar-refractivity contribution is 5.20. The third-order valence-electron chi connectivity index (χ3n) is 3.27. The van der Waals surface area contributed by atoms with Crippen molar-refractivity contribution in [2.24, 2.45) is 11.3 Å². The molecule has 0 aliphatic heterocycles. The minimum absolute atomic E-state index is 0.0126. The second-order valence-electron chi connectivity index (χ2n) is 8.41. The average Bonchev–Trinajstić information content (AvgIpc) is 2.39. The van der Waals surface area contributed by atoms with Crippen LogP contribution < -0.4 is 10.1 Å². The van der Waals surface area contributed by atoms with E-state index in [-0.39, 0.29) is 23.9 Å². The zero-order chi connectivity index (χ0) is 18.6. The van der Waals surface area contributed by atoms with E-state index in [9.17, 15) is 13.2 Å². The first-order chi connectivity index (χ1) is 10.8. The number of rotatable bonds is 6. The largest absolute Gasteiger partial charge is 0.491 e. The molecule has 0 aliphatic rings. The summed E-state index contributed by atoms with van der Waals surface area (Å²) in [5, 5.41) is 2.92. The third-order valence-corrected chi connectivity index (χ3v) is 3.27. The van der Waals surface area contributed by atoms with E-state index in [2.05, 4.69) is 10.3 Å². The van der Waals surface area contributed by atoms with Crippen molar-refractivity contribution in [3.8, 4) is 5.75 Å². The average molecular weight is 346 g/mol. The number of nitrogens with zero attached hydrogens (tertiary/aromatic N) is 1. The van der Waals surface area contributed by atoms with Gasteiger partial charge >= 0.3 is 6.18 Å². The zero-order valence-electron chi connectivity index (χ0n) is 15.4. The molecule has 0 aromatic carbocycles. The van der Waals surface area contributed by atoms with Crippen LogP contribution in [-0.2, 0) is 6.42 Å². The molecule has 0 unspecified atom stereocenters. The molecular weight excluding hydrogens is 317 g/mol. The number of ether oxygens (including phenoxy) is 1. The molecule has 0 amide bonds. The highest BCUT2D eigenvalue weighted by atomic mass is 19.4. The molecule has 1 aromatic rings. The normalized spacial score (nSPS) is 14.5. The molecule has 0 spiro atoms. The molecule has 0 radical (unpaired) electrons. The number of halogens is 3. The zero-order valence-corrected chi connectivity index (χ0v) is 15.4. The molecule has 1 atom stereocenters. The molecule has 0 fully saturated rings. The summed E-state index contributed by atoms with van der Waals surface area (Å²) in [6, 6.07) is 3.28. The lowest BCUT2D eigenvalue weighted by atomic mass is 9.99. The minimum Gasteiger partial charge on any atom is -0.491 e. The van der Waals surface area contributed by atoms with Crippen molar-refractivity contribution >= 4 is 0 Å². The fraction of sp³-hybridized carbons (Fsp3) is 0.722. The number of hydrogen-bond acceptors (Lipinski definition) is 3. The summed E-state index contributed by atoms with van der Waals surface area (Å²) in [7, 11) is 0. The first kappa shape index (κ1) is 20.7. The Bertz CT molecular complexity index is 499. The molecule has 0 saturated heterocycles. The fourth-order valence-corrected chi connectivity index (χ4v) is 1.90. The number of alkyl halides is 3. The minimum atomic E-state index is -4.26. The summed E-state index contributed by atoms with van der Waals surface area (Å²) < 4.78 is 45.3. The summed E-state index contributed by atoms with van der Waals surface area (Å²) >= 11 is 0. The Morgan fingerprint density at radius 3 is 2.12 bits per heavy atom. The smallest absolute Gasteiger partial charge is 0.393 e. The summed E-state index contributed by atoms with van der Waals surface area (Å²) in [5.74, 6) is -0.893. The van der Waals surface area contributed by atoms with Gasteiger partial charge in [-0.15, -0.1) is 0 Å². The highest BCUT2D eigenvalue weighted by Crippen LogP contribution is 2.29. The summed E-state index contributed by atoms with van der Waals surface area (Å²) in [4.78, 5) is 4.12. The van der Waals surface area contributed by atoms with Gasteiger partial charge < -0.3 is 10.1 Å². The van der Waals surface area contributed by atoms with Crippen molar-refractivity contribution in [2.45, 2.75) is 59.7 Å². The van der Waals surface area contributed by atoms with E-state index in [1.54, 1.807) is 12.1 Å². The second kappa shape index (κ2) is 7.72. The lowest BCUT2D eigenvalue weighted by molar-refractivity contribution is -0.173. The van der Waals surface area contributed by atoms with Gasteiger partial charge in [-0.25, -0.2) is 0 Å². The maximum atomic E-state index is 13.2. The molecule has 1 aromatic heterocycles. The summed E-state index contributed by atoms with van der Waals surface area (Å²) in [6.45, 7) is 12.1. The Kier molecular flexibility index (Phi) is 6.67. The van der Waals surface area contributed by atoms with Crippen LogP contribution in [0.25, 0.3) is 0 Å². The topological polar surface area (TPSA) is 34.1 Å². The van der Waals surface area contributed by atoms with Crippen LogP contribution in [0.5, 0.6) is 5.75 Å². The van der Waals surface area contributed by atoms with E-state index in [4.69, 9.17) is 4.74 Å². The summed E-state index contributed by atoms with van der Waals surface area (Å²) in [6.07, 6.45) is -2.92. The summed E-state index contributed by atoms with van der Waals surface area (Å²) in [5.41, 5.74) is 0.0661. The molecule has 24 heavy (non-hydrogen) atoms. The van der Waals surface area contributed by atoms with Crippen molar-refractivity contribution in [1.82, 2.24) is 10.3 Å². The fourth-order valence-electron chi connectivity index (χ4n) is 1.90. The number of nitrogens with one attached hydrogen (secondary N) is 1. The van der Waals surface area contributed by atoms with E-state index >= 15 is 0 Å². The number of pyridine rings is 1. The monoisotopic (exact) mass is 346 g/mol. The third kappa shape index (κ3) is 8.52. The highest BCUT2D eigenvalue weighted by Gasteiger charge is 2.40. The Balaban J connectivity index is 2.70. The van der Waals surface area contributed by atoms with E-state index in [1.165, 1.54) is 6.20 Å². The molecule has 1 rings (SSSR count).